The van der Waals surface area contributed by atoms with Gasteiger partial charge in [-0.25, -0.2) is 0 Å². The van der Waals surface area contributed by atoms with Crippen molar-refractivity contribution in [2.45, 2.75) is 12.5 Å². The normalized spacial score (nSPS) is 19.7. The lowest BCUT2D eigenvalue weighted by molar-refractivity contribution is 0.0199. The molecule has 2 nitrogen and oxygen atoms in total. The first-order chi connectivity index (χ1) is 4.43. The second-order valence-electron chi connectivity index (χ2n) is 2.19. The maximum atomic E-state index is 5.43. The van der Waals surface area contributed by atoms with E-state index in [1.54, 1.807) is 0 Å². The molecule has 1 N–H and O–H groups in total. The Balaban J connectivity index is 1.80. The Labute approximate surface area is 64.1 Å². The van der Waals surface area contributed by atoms with Gasteiger partial charge in [-0.2, -0.15) is 0 Å². The summed E-state index contributed by atoms with van der Waals surface area (Å²) in [5.74, 6) is 0. The Kier molecular flexibility index (Phi) is 3.55. The predicted molar refractivity (Wildman–Crippen MR) is 41.0 cm³/mol. The molecule has 0 atom stereocenters. The summed E-state index contributed by atoms with van der Waals surface area (Å²) in [6.07, 6.45) is 1.63. The third kappa shape index (κ3) is 2.65. The highest BCUT2D eigenvalue weighted by atomic mass is 79.9. The van der Waals surface area contributed by atoms with Gasteiger partial charge in [0.1, 0.15) is 0 Å². The first-order valence-corrected chi connectivity index (χ1v) is 4.44. The fourth-order valence-electron chi connectivity index (χ4n) is 0.685. The van der Waals surface area contributed by atoms with Crippen LogP contribution < -0.4 is 5.32 Å². The molecule has 9 heavy (non-hydrogen) atoms. The zero-order chi connectivity index (χ0) is 6.53. The van der Waals surface area contributed by atoms with Crippen LogP contribution in [0.25, 0.3) is 0 Å². The standard InChI is InChI=1S/C6H12BrNO/c7-2-1-3-9-6-4-8-5-6/h6,8H,1-5H2. The number of ether oxygens (including phenoxy) is 1. The number of rotatable bonds is 4. The van der Waals surface area contributed by atoms with Crippen LogP contribution in [0.3, 0.4) is 0 Å². The monoisotopic (exact) mass is 193 g/mol. The molecule has 1 rings (SSSR count). The Hall–Kier alpha value is 0.400. The molecule has 0 spiro atoms. The van der Waals surface area contributed by atoms with Crippen molar-refractivity contribution >= 4 is 15.9 Å². The molecule has 0 radical (unpaired) electrons. The van der Waals surface area contributed by atoms with E-state index in [-0.39, 0.29) is 0 Å². The van der Waals surface area contributed by atoms with Crippen molar-refractivity contribution in [2.75, 3.05) is 25.0 Å². The summed E-state index contributed by atoms with van der Waals surface area (Å²) in [5.41, 5.74) is 0. The SMILES string of the molecule is BrCCCOC1CNC1. The van der Waals surface area contributed by atoms with Gasteiger partial charge in [0.05, 0.1) is 6.10 Å². The zero-order valence-electron chi connectivity index (χ0n) is 5.40. The number of hydrogen-bond donors (Lipinski definition) is 1. The molecular weight excluding hydrogens is 182 g/mol. The lowest BCUT2D eigenvalue weighted by Gasteiger charge is -2.26. The molecule has 1 heterocycles. The van der Waals surface area contributed by atoms with E-state index in [0.717, 1.165) is 31.4 Å². The number of halogens is 1. The molecule has 0 bridgehead atoms. The van der Waals surface area contributed by atoms with E-state index in [1.165, 1.54) is 0 Å². The second kappa shape index (κ2) is 4.25. The molecular formula is C6H12BrNO. The van der Waals surface area contributed by atoms with Gasteiger partial charge in [0.15, 0.2) is 0 Å². The average Bonchev–Trinajstić information content (AvgIpc) is 1.76. The van der Waals surface area contributed by atoms with Crippen LogP contribution in [0, 0.1) is 0 Å². The minimum absolute atomic E-state index is 0.504. The zero-order valence-corrected chi connectivity index (χ0v) is 6.99. The Morgan fingerprint density at radius 3 is 2.78 bits per heavy atom. The highest BCUT2D eigenvalue weighted by Gasteiger charge is 2.15. The lowest BCUT2D eigenvalue weighted by atomic mass is 10.2. The minimum Gasteiger partial charge on any atom is -0.376 e. The van der Waals surface area contributed by atoms with Crippen LogP contribution in [-0.4, -0.2) is 31.1 Å². The van der Waals surface area contributed by atoms with Gasteiger partial charge in [0.25, 0.3) is 0 Å². The Bertz CT molecular complexity index is 75.5. The Morgan fingerprint density at radius 2 is 2.33 bits per heavy atom. The van der Waals surface area contributed by atoms with E-state index in [9.17, 15) is 0 Å². The number of alkyl halides is 1. The van der Waals surface area contributed by atoms with Gasteiger partial charge in [-0.3, -0.25) is 0 Å². The summed E-state index contributed by atoms with van der Waals surface area (Å²) in [5, 5.41) is 4.20. The highest BCUT2D eigenvalue weighted by molar-refractivity contribution is 9.09. The van der Waals surface area contributed by atoms with Crippen molar-refractivity contribution in [3.8, 4) is 0 Å². The summed E-state index contributed by atoms with van der Waals surface area (Å²) in [6.45, 7) is 2.99. The third-order valence-corrected chi connectivity index (χ3v) is 1.94. The topological polar surface area (TPSA) is 21.3 Å². The van der Waals surface area contributed by atoms with Gasteiger partial charge in [-0.1, -0.05) is 15.9 Å². The molecule has 0 aliphatic carbocycles. The lowest BCUT2D eigenvalue weighted by Crippen LogP contribution is -2.48. The summed E-state index contributed by atoms with van der Waals surface area (Å²) in [6, 6.07) is 0. The van der Waals surface area contributed by atoms with Gasteiger partial charge >= 0.3 is 0 Å². The molecule has 0 saturated carbocycles. The second-order valence-corrected chi connectivity index (χ2v) is 2.99. The van der Waals surface area contributed by atoms with Crippen molar-refractivity contribution in [2.24, 2.45) is 0 Å². The Morgan fingerprint density at radius 1 is 1.56 bits per heavy atom. The van der Waals surface area contributed by atoms with Crippen molar-refractivity contribution in [1.29, 1.82) is 0 Å². The van der Waals surface area contributed by atoms with Gasteiger partial charge in [-0.15, -0.1) is 0 Å². The van der Waals surface area contributed by atoms with E-state index in [1.807, 2.05) is 0 Å². The molecule has 1 aliphatic heterocycles. The van der Waals surface area contributed by atoms with E-state index in [2.05, 4.69) is 21.2 Å². The molecule has 0 aromatic rings. The maximum absolute atomic E-state index is 5.43. The molecule has 1 aliphatic rings. The predicted octanol–water partition coefficient (Wildman–Crippen LogP) is 0.760. The molecule has 0 aromatic heterocycles. The summed E-state index contributed by atoms with van der Waals surface area (Å²) >= 11 is 3.34. The third-order valence-electron chi connectivity index (χ3n) is 1.38. The van der Waals surface area contributed by atoms with Crippen LogP contribution in [0.15, 0.2) is 0 Å². The van der Waals surface area contributed by atoms with Crippen molar-refractivity contribution in [1.82, 2.24) is 5.32 Å². The summed E-state index contributed by atoms with van der Waals surface area (Å²) < 4.78 is 5.43. The largest absolute Gasteiger partial charge is 0.376 e. The smallest absolute Gasteiger partial charge is 0.0823 e. The first kappa shape index (κ1) is 7.51. The van der Waals surface area contributed by atoms with Crippen LogP contribution in [0.5, 0.6) is 0 Å². The first-order valence-electron chi connectivity index (χ1n) is 3.32. The van der Waals surface area contributed by atoms with Gasteiger partial charge in [0.2, 0.25) is 0 Å². The van der Waals surface area contributed by atoms with Gasteiger partial charge < -0.3 is 10.1 Å². The van der Waals surface area contributed by atoms with Crippen LogP contribution >= 0.6 is 15.9 Å². The van der Waals surface area contributed by atoms with E-state index in [4.69, 9.17) is 4.74 Å². The van der Waals surface area contributed by atoms with Crippen LogP contribution in [0.4, 0.5) is 0 Å². The molecule has 1 fully saturated rings. The van der Waals surface area contributed by atoms with E-state index < -0.39 is 0 Å². The number of hydrogen-bond acceptors (Lipinski definition) is 2. The average molecular weight is 194 g/mol. The van der Waals surface area contributed by atoms with Crippen molar-refractivity contribution in [3.05, 3.63) is 0 Å². The quantitative estimate of drug-likeness (QED) is 0.527. The van der Waals surface area contributed by atoms with Crippen LogP contribution in [0.1, 0.15) is 6.42 Å². The molecule has 1 saturated heterocycles. The van der Waals surface area contributed by atoms with Crippen molar-refractivity contribution in [3.63, 3.8) is 0 Å². The molecule has 0 amide bonds. The molecule has 54 valence electrons. The van der Waals surface area contributed by atoms with Crippen molar-refractivity contribution < 1.29 is 4.74 Å². The van der Waals surface area contributed by atoms with Gasteiger partial charge in [-0.05, 0) is 6.42 Å². The molecule has 3 heteroatoms. The fraction of sp³-hybridized carbons (Fsp3) is 1.00. The molecule has 0 unspecified atom stereocenters. The maximum Gasteiger partial charge on any atom is 0.0823 e. The highest BCUT2D eigenvalue weighted by Crippen LogP contribution is 1.99. The number of nitrogens with one attached hydrogen (secondary N) is 1. The van der Waals surface area contributed by atoms with E-state index in [0.29, 0.717) is 6.10 Å². The van der Waals surface area contributed by atoms with Crippen LogP contribution in [-0.2, 0) is 4.74 Å². The minimum atomic E-state index is 0.504. The molecule has 0 aromatic carbocycles. The fourth-order valence-corrected chi connectivity index (χ4v) is 0.914. The summed E-state index contributed by atoms with van der Waals surface area (Å²) in [4.78, 5) is 0. The van der Waals surface area contributed by atoms with E-state index >= 15 is 0 Å². The summed E-state index contributed by atoms with van der Waals surface area (Å²) in [7, 11) is 0. The van der Waals surface area contributed by atoms with Gasteiger partial charge in [0, 0.05) is 25.0 Å². The van der Waals surface area contributed by atoms with Crippen LogP contribution in [0.2, 0.25) is 0 Å².